The number of fused-ring (bicyclic) bond motifs is 1. The van der Waals surface area contributed by atoms with Crippen molar-refractivity contribution in [3.05, 3.63) is 45.3 Å². The Kier molecular flexibility index (Phi) is 16.1. The number of hydrogen-bond acceptors (Lipinski definition) is 23. The van der Waals surface area contributed by atoms with E-state index in [0.29, 0.717) is 30.7 Å². The van der Waals surface area contributed by atoms with Crippen molar-refractivity contribution in [2.75, 3.05) is 19.7 Å². The molecule has 2 aliphatic heterocycles. The Hall–Kier alpha value is -2.56. The van der Waals surface area contributed by atoms with Gasteiger partial charge in [0.05, 0.1) is 18.4 Å². The molecule has 4 unspecified atom stereocenters. The van der Waals surface area contributed by atoms with Gasteiger partial charge in [-0.2, -0.15) is 22.2 Å². The number of H-pyrrole nitrogens is 1. The third-order valence-electron chi connectivity index (χ3n) is 7.91. The molecule has 0 amide bonds. The first-order valence-electron chi connectivity index (χ1n) is 18.9. The lowest BCUT2D eigenvalue weighted by Crippen LogP contribution is -2.50. The lowest BCUT2D eigenvalue weighted by atomic mass is 9.95. The van der Waals surface area contributed by atoms with Crippen LogP contribution in [0.2, 0.25) is 0 Å². The predicted molar refractivity (Wildman–Crippen MR) is 209 cm³/mol. The number of nitrogens with zero attached hydrogens (tertiary/aromatic N) is 5. The summed E-state index contributed by atoms with van der Waals surface area (Å²) in [4.78, 5) is 108. The van der Waals surface area contributed by atoms with Crippen molar-refractivity contribution >= 4 is 58.1 Å². The molecule has 3 aromatic heterocycles. The van der Waals surface area contributed by atoms with E-state index in [1.54, 1.807) is 11.9 Å². The number of halogens is 3. The van der Waals surface area contributed by atoms with Gasteiger partial charge in [-0.25, -0.2) is 55.3 Å². The van der Waals surface area contributed by atoms with Gasteiger partial charge in [-0.05, 0) is 27.7 Å². The Morgan fingerprint density at radius 3 is 1.71 bits per heavy atom. The molecular formula is C25H41F3N6O28P6. The summed E-state index contributed by atoms with van der Waals surface area (Å²) in [5, 5.41) is 31.0. The second-order valence-electron chi connectivity index (χ2n) is 13.3. The fourth-order valence-corrected chi connectivity index (χ4v) is 11.1. The van der Waals surface area contributed by atoms with E-state index in [2.05, 4.69) is 46.0 Å². The Bertz CT molecular complexity index is 2940. The predicted octanol–water partition coefficient (Wildman–Crippen LogP) is -0.0171. The number of aliphatic hydroxyl groups is 3. The molecule has 0 saturated carbocycles. The highest BCUT2D eigenvalue weighted by Gasteiger charge is 2.66. The number of ether oxygens (including phenoxy) is 3. The first kappa shape index (κ1) is 53.2. The molecule has 34 nitrogen and oxygen atoms in total. The van der Waals surface area contributed by atoms with Crippen LogP contribution >= 0.6 is 46.9 Å². The zero-order valence-corrected chi connectivity index (χ0v) is 38.5. The van der Waals surface area contributed by atoms with Crippen molar-refractivity contribution < 1.29 is 141 Å². The summed E-state index contributed by atoms with van der Waals surface area (Å²) in [6, 6.07) is 0.714. The van der Waals surface area contributed by atoms with Gasteiger partial charge in [0, 0.05) is 12.3 Å². The van der Waals surface area contributed by atoms with Gasteiger partial charge >= 0.3 is 52.6 Å². The van der Waals surface area contributed by atoms with Gasteiger partial charge < -0.3 is 68.7 Å². The van der Waals surface area contributed by atoms with Gasteiger partial charge in [0.1, 0.15) is 30.6 Å². The Labute approximate surface area is 381 Å². The fourth-order valence-electron chi connectivity index (χ4n) is 5.37. The maximum absolute atomic E-state index is 15.9. The highest BCUT2D eigenvalue weighted by atomic mass is 31.3. The maximum atomic E-state index is 15.9. The van der Waals surface area contributed by atoms with Crippen molar-refractivity contribution in [2.24, 2.45) is 0 Å². The van der Waals surface area contributed by atoms with E-state index in [-0.39, 0.29) is 36.9 Å². The molecule has 3 aromatic rings. The van der Waals surface area contributed by atoms with E-state index >= 15 is 13.2 Å². The molecule has 390 valence electrons. The van der Waals surface area contributed by atoms with Gasteiger partial charge in [0.25, 0.3) is 17.3 Å². The summed E-state index contributed by atoms with van der Waals surface area (Å²) < 4.78 is 183. The molecule has 2 saturated heterocycles. The number of imidazole rings is 1. The van der Waals surface area contributed by atoms with Crippen LogP contribution in [0.5, 0.6) is 5.88 Å². The molecule has 0 aromatic carbocycles. The monoisotopic (exact) mass is 1120 g/mol. The van der Waals surface area contributed by atoms with Crippen LogP contribution in [0.4, 0.5) is 13.2 Å². The highest BCUT2D eigenvalue weighted by Crippen LogP contribution is 2.68. The molecule has 0 radical (unpaired) electrons. The van der Waals surface area contributed by atoms with Gasteiger partial charge in [0.2, 0.25) is 5.88 Å². The largest absolute Gasteiger partial charge is 0.490 e. The number of phosphoric ester groups is 2. The van der Waals surface area contributed by atoms with Crippen LogP contribution in [0.3, 0.4) is 0 Å². The Balaban J connectivity index is 0.000000379. The minimum absolute atomic E-state index is 0. The summed E-state index contributed by atoms with van der Waals surface area (Å²) in [6.07, 6.45) is -9.06. The number of hydrogen-bond donors (Lipinski definition) is 12. The fraction of sp³-hybridized carbons (Fsp3) is 0.640. The summed E-state index contributed by atoms with van der Waals surface area (Å²) >= 11 is 0. The van der Waals surface area contributed by atoms with E-state index in [1.807, 2.05) is 0 Å². The average Bonchev–Trinajstić information content (AvgIpc) is 3.68. The van der Waals surface area contributed by atoms with Crippen LogP contribution < -0.4 is 16.0 Å². The van der Waals surface area contributed by atoms with Gasteiger partial charge in [-0.1, -0.05) is 7.43 Å². The van der Waals surface area contributed by atoms with Gasteiger partial charge in [-0.15, -0.1) is 0 Å². The number of nitrogens with one attached hydrogen (secondary N) is 1. The van der Waals surface area contributed by atoms with Crippen LogP contribution in [0, 0.1) is 6.92 Å². The van der Waals surface area contributed by atoms with E-state index in [4.69, 9.17) is 39.4 Å². The van der Waals surface area contributed by atoms with E-state index < -0.39 is 119 Å². The lowest BCUT2D eigenvalue weighted by molar-refractivity contribution is -0.205. The zero-order valence-electron chi connectivity index (χ0n) is 37.2. The molecule has 68 heavy (non-hydrogen) atoms. The third-order valence-corrected chi connectivity index (χ3v) is 15.2. The standard InChI is InChI=1S/C14H21F2N4O13P3.C10H16FN2O15P3.CH4/c1-4-29-10-8-9(18-7(2)19-10)20(6-17-8)12-13(3,15)11(21)14(16,31-12)5-30-35(25,26)33-36(27,28)32-34(22,23)24;1-9(17)6(15)10(11,26-7(9)13-3-2-5(14)12-8(13)16)4-25-30(21,22)28-31(23,24)27-29(18,19)20;/h6,11-12,21H,4-5H2,1-3H3,(H,25,26)(H,27,28)(H2,22,23,24);2-3,6-7,15,17H,4H2,1H3,(H,21,22)(H,23,24)(H,12,14,16)(H2,18,19,20);1H4/t11-,12+,13+,14+;6-,7+,9+,10+;/m00./s1/i5D2;4D2;. The summed E-state index contributed by atoms with van der Waals surface area (Å²) in [5.41, 5.74) is -8.57. The van der Waals surface area contributed by atoms with E-state index in [9.17, 15) is 67.0 Å². The molecular weight excluding hydrogens is 1080 g/mol. The number of alkyl halides is 3. The SMILES string of the molecule is C.[2H]C([2H])(OP(=O)(O)OP(=O)(O)OP(=O)(O)O)[C@@]1(F)O[C@@H](n2ccc(=O)[nH]c2=O)[C@](C)(O)[C@@H]1O.[2H]C([2H])(OP(=O)(O)OP(=O)(O)OP(=O)(O)O)[C@@]1(F)O[C@@H](n2cnc3c(OCC)nc(C)nc32)[C@](C)(F)[C@@H]1O. The van der Waals surface area contributed by atoms with Crippen molar-refractivity contribution in [2.45, 2.75) is 82.8 Å². The molecule has 0 aliphatic carbocycles. The zero-order chi connectivity index (χ0) is 54.9. The van der Waals surface area contributed by atoms with Crippen molar-refractivity contribution in [3.8, 4) is 5.88 Å². The molecule has 0 bridgehead atoms. The van der Waals surface area contributed by atoms with Crippen molar-refractivity contribution in [1.29, 1.82) is 0 Å². The molecule has 12 atom stereocenters. The Morgan fingerprint density at radius 1 is 0.779 bits per heavy atom. The molecule has 12 N–H and O–H groups in total. The highest BCUT2D eigenvalue weighted by molar-refractivity contribution is 7.67. The molecule has 2 fully saturated rings. The van der Waals surface area contributed by atoms with Crippen molar-refractivity contribution in [3.63, 3.8) is 0 Å². The summed E-state index contributed by atoms with van der Waals surface area (Å²) in [6.45, 7) is -4.21. The first-order valence-corrected chi connectivity index (χ1v) is 26.0. The Morgan fingerprint density at radius 2 is 1.25 bits per heavy atom. The van der Waals surface area contributed by atoms with Crippen LogP contribution in [0.25, 0.3) is 11.2 Å². The van der Waals surface area contributed by atoms with Gasteiger partial charge in [-0.3, -0.25) is 28.0 Å². The van der Waals surface area contributed by atoms with Crippen LogP contribution in [-0.4, -0.2) is 138 Å². The first-order chi connectivity index (χ1) is 31.6. The number of aromatic amines is 1. The number of rotatable bonds is 18. The third kappa shape index (κ3) is 14.5. The lowest BCUT2D eigenvalue weighted by Gasteiger charge is -2.27. The maximum Gasteiger partial charge on any atom is 0.490 e. The second kappa shape index (κ2) is 20.5. The minimum Gasteiger partial charge on any atom is -0.476 e. The quantitative estimate of drug-likeness (QED) is 0.0745. The number of aryl methyl sites for hydroxylation is 1. The molecule has 5 heterocycles. The average molecular weight is 1120 g/mol. The smallest absolute Gasteiger partial charge is 0.476 e. The molecule has 43 heteroatoms. The summed E-state index contributed by atoms with van der Waals surface area (Å²) in [5.74, 6) is -8.57. The van der Waals surface area contributed by atoms with E-state index in [0.717, 1.165) is 10.9 Å². The van der Waals surface area contributed by atoms with E-state index in [1.165, 1.54) is 6.92 Å². The van der Waals surface area contributed by atoms with Crippen LogP contribution in [-0.2, 0) is 63.2 Å². The second-order valence-corrected chi connectivity index (χ2v) is 22.0. The van der Waals surface area contributed by atoms with Crippen LogP contribution in [0.1, 0.15) is 52.0 Å². The number of aromatic nitrogens is 6. The van der Waals surface area contributed by atoms with Crippen molar-refractivity contribution in [1.82, 2.24) is 29.1 Å². The van der Waals surface area contributed by atoms with Crippen LogP contribution in [0.15, 0.2) is 28.2 Å². The number of phosphoric acid groups is 6. The molecule has 2 aliphatic rings. The molecule has 0 spiro atoms. The van der Waals surface area contributed by atoms with Gasteiger partial charge in [0.15, 0.2) is 35.4 Å². The minimum atomic E-state index is -6.29. The topological polar surface area (TPSA) is 506 Å². The number of aliphatic hydroxyl groups excluding tert-OH is 2. The molecule has 5 rings (SSSR count). The normalized spacial score (nSPS) is 32.4. The summed E-state index contributed by atoms with van der Waals surface area (Å²) in [7, 11) is -36.4.